The summed E-state index contributed by atoms with van der Waals surface area (Å²) in [6.45, 7) is 13.5. The first-order chi connectivity index (χ1) is 6.91. The molecule has 0 aromatic carbocycles. The first kappa shape index (κ1) is 12.2. The second kappa shape index (κ2) is 4.34. The zero-order chi connectivity index (χ0) is 11.7. The lowest BCUT2D eigenvalue weighted by Crippen LogP contribution is -2.40. The summed E-state index contributed by atoms with van der Waals surface area (Å²) in [5.74, 6) is 0.600. The second-order valence-corrected chi connectivity index (χ2v) is 4.77. The molecule has 84 valence electrons. The number of hydrogen-bond acceptors (Lipinski definition) is 0. The summed E-state index contributed by atoms with van der Waals surface area (Å²) >= 11 is 0. The van der Waals surface area contributed by atoms with Crippen LogP contribution in [-0.2, 0) is 13.5 Å². The van der Waals surface area contributed by atoms with Gasteiger partial charge >= 0.3 is 0 Å². The van der Waals surface area contributed by atoms with E-state index in [2.05, 4.69) is 53.2 Å². The van der Waals surface area contributed by atoms with Gasteiger partial charge in [-0.1, -0.05) is 20.8 Å². The molecule has 0 amide bonds. The van der Waals surface area contributed by atoms with Crippen molar-refractivity contribution in [3.05, 3.63) is 28.1 Å². The van der Waals surface area contributed by atoms with E-state index in [0.29, 0.717) is 5.92 Å². The van der Waals surface area contributed by atoms with Crippen molar-refractivity contribution in [3.8, 4) is 0 Å². The molecule has 15 heavy (non-hydrogen) atoms. The van der Waals surface area contributed by atoms with Crippen LogP contribution in [0.4, 0.5) is 0 Å². The van der Waals surface area contributed by atoms with Crippen LogP contribution in [0.25, 0.3) is 0 Å². The molecule has 0 N–H and O–H groups in total. The molecule has 1 aromatic rings. The maximum absolute atomic E-state index is 2.37. The third kappa shape index (κ3) is 1.92. The molecule has 0 aliphatic heterocycles. The molecule has 1 heterocycles. The lowest BCUT2D eigenvalue weighted by molar-refractivity contribution is -0.687. The summed E-state index contributed by atoms with van der Waals surface area (Å²) in [4.78, 5) is 0. The minimum absolute atomic E-state index is 0.600. The number of rotatable bonds is 2. The van der Waals surface area contributed by atoms with Crippen LogP contribution in [0.3, 0.4) is 0 Å². The van der Waals surface area contributed by atoms with Gasteiger partial charge in [-0.2, -0.15) is 0 Å². The molecule has 0 fully saturated rings. The van der Waals surface area contributed by atoms with Crippen LogP contribution in [-0.4, -0.2) is 0 Å². The Kier molecular flexibility index (Phi) is 3.54. The van der Waals surface area contributed by atoms with E-state index in [1.807, 2.05) is 0 Å². The van der Waals surface area contributed by atoms with Crippen LogP contribution >= 0.6 is 0 Å². The molecule has 0 saturated carbocycles. The third-order valence-corrected chi connectivity index (χ3v) is 3.63. The normalized spacial score (nSPS) is 11.2. The zero-order valence-corrected chi connectivity index (χ0v) is 11.2. The molecule has 1 rings (SSSR count). The van der Waals surface area contributed by atoms with E-state index in [1.54, 1.807) is 0 Å². The highest BCUT2D eigenvalue weighted by molar-refractivity contribution is 5.36. The molecule has 0 radical (unpaired) electrons. The minimum atomic E-state index is 0.600. The molecule has 0 saturated heterocycles. The zero-order valence-electron chi connectivity index (χ0n) is 11.2. The van der Waals surface area contributed by atoms with Gasteiger partial charge in [0.25, 0.3) is 0 Å². The molecular weight excluding hydrogens is 182 g/mol. The van der Waals surface area contributed by atoms with Gasteiger partial charge < -0.3 is 0 Å². The number of nitrogens with zero attached hydrogens (tertiary/aromatic N) is 1. The maximum Gasteiger partial charge on any atom is 0.187 e. The topological polar surface area (TPSA) is 3.88 Å². The Morgan fingerprint density at radius 1 is 1.07 bits per heavy atom. The third-order valence-electron chi connectivity index (χ3n) is 3.63. The smallest absolute Gasteiger partial charge is 0.187 e. The van der Waals surface area contributed by atoms with Crippen molar-refractivity contribution in [1.29, 1.82) is 0 Å². The highest BCUT2D eigenvalue weighted by Crippen LogP contribution is 2.23. The van der Waals surface area contributed by atoms with Crippen LogP contribution in [0.2, 0.25) is 0 Å². The highest BCUT2D eigenvalue weighted by Gasteiger charge is 2.23. The van der Waals surface area contributed by atoms with Gasteiger partial charge in [-0.25, -0.2) is 4.57 Å². The minimum Gasteiger partial charge on any atom is -0.202 e. The van der Waals surface area contributed by atoms with Gasteiger partial charge in [0.1, 0.15) is 7.05 Å². The first-order valence-electron chi connectivity index (χ1n) is 5.90. The molecule has 0 spiro atoms. The summed E-state index contributed by atoms with van der Waals surface area (Å²) in [6.07, 6.45) is 1.13. The van der Waals surface area contributed by atoms with Crippen LogP contribution in [0.1, 0.15) is 54.8 Å². The Bertz CT molecular complexity index is 376. The van der Waals surface area contributed by atoms with E-state index >= 15 is 0 Å². The van der Waals surface area contributed by atoms with E-state index in [4.69, 9.17) is 0 Å². The lowest BCUT2D eigenvalue weighted by atomic mass is 9.93. The Morgan fingerprint density at radius 2 is 1.60 bits per heavy atom. The van der Waals surface area contributed by atoms with Crippen molar-refractivity contribution in [2.45, 2.75) is 53.9 Å². The van der Waals surface area contributed by atoms with Gasteiger partial charge in [-0.15, -0.1) is 0 Å². The van der Waals surface area contributed by atoms with Crippen LogP contribution in [0, 0.1) is 20.8 Å². The quantitative estimate of drug-likeness (QED) is 0.655. The van der Waals surface area contributed by atoms with E-state index in [0.717, 1.165) is 6.42 Å². The fourth-order valence-electron chi connectivity index (χ4n) is 2.51. The number of aromatic nitrogens is 1. The van der Waals surface area contributed by atoms with E-state index in [1.165, 1.54) is 28.1 Å². The van der Waals surface area contributed by atoms with Gasteiger partial charge in [-0.05, 0) is 25.8 Å². The molecule has 0 unspecified atom stereocenters. The average Bonchev–Trinajstić information content (AvgIpc) is 2.19. The fraction of sp³-hybridized carbons (Fsp3) is 0.643. The summed E-state index contributed by atoms with van der Waals surface area (Å²) in [5.41, 5.74) is 7.36. The maximum atomic E-state index is 2.37. The molecule has 0 bridgehead atoms. The van der Waals surface area contributed by atoms with Crippen molar-refractivity contribution >= 4 is 0 Å². The number of pyridine rings is 1. The van der Waals surface area contributed by atoms with Gasteiger partial charge in [0, 0.05) is 24.0 Å². The van der Waals surface area contributed by atoms with Crippen molar-refractivity contribution in [3.63, 3.8) is 0 Å². The molecule has 0 aliphatic rings. The lowest BCUT2D eigenvalue weighted by Gasteiger charge is -2.16. The summed E-state index contributed by atoms with van der Waals surface area (Å²) in [5, 5.41) is 0. The summed E-state index contributed by atoms with van der Waals surface area (Å²) in [7, 11) is 2.19. The van der Waals surface area contributed by atoms with Gasteiger partial charge in [-0.3, -0.25) is 0 Å². The van der Waals surface area contributed by atoms with Crippen molar-refractivity contribution in [2.24, 2.45) is 7.05 Å². The Morgan fingerprint density at radius 3 is 2.00 bits per heavy atom. The van der Waals surface area contributed by atoms with Gasteiger partial charge in [0.15, 0.2) is 11.4 Å². The van der Waals surface area contributed by atoms with Gasteiger partial charge in [0.2, 0.25) is 0 Å². The van der Waals surface area contributed by atoms with Crippen molar-refractivity contribution in [2.75, 3.05) is 0 Å². The SMILES string of the molecule is CCc1c(C)c(C)c(C)[n+](C)c1C(C)C. The largest absolute Gasteiger partial charge is 0.202 e. The van der Waals surface area contributed by atoms with Crippen molar-refractivity contribution in [1.82, 2.24) is 0 Å². The second-order valence-electron chi connectivity index (χ2n) is 4.77. The Labute approximate surface area is 94.1 Å². The van der Waals surface area contributed by atoms with E-state index in [-0.39, 0.29) is 0 Å². The predicted octanol–water partition coefficient (Wildman–Crippen LogP) is 3.12. The predicted molar refractivity (Wildman–Crippen MR) is 65.3 cm³/mol. The molecule has 1 heteroatoms. The van der Waals surface area contributed by atoms with E-state index in [9.17, 15) is 0 Å². The Hall–Kier alpha value is -0.850. The molecule has 0 atom stereocenters. The van der Waals surface area contributed by atoms with Crippen LogP contribution in [0.5, 0.6) is 0 Å². The average molecular weight is 206 g/mol. The molecular formula is C14H24N+. The van der Waals surface area contributed by atoms with Crippen molar-refractivity contribution < 1.29 is 4.57 Å². The molecule has 1 nitrogen and oxygen atoms in total. The fourth-order valence-corrected chi connectivity index (χ4v) is 2.51. The van der Waals surface area contributed by atoms with Crippen LogP contribution < -0.4 is 4.57 Å². The summed E-state index contributed by atoms with van der Waals surface area (Å²) < 4.78 is 2.37. The highest BCUT2D eigenvalue weighted by atomic mass is 15.0. The summed E-state index contributed by atoms with van der Waals surface area (Å²) in [6, 6.07) is 0. The monoisotopic (exact) mass is 206 g/mol. The van der Waals surface area contributed by atoms with E-state index < -0.39 is 0 Å². The Balaban J connectivity index is 3.62. The standard InChI is InChI=1S/C14H24N/c1-8-13-11(5)10(4)12(6)15(7)14(13)9(2)3/h9H,8H2,1-7H3/q+1. The first-order valence-corrected chi connectivity index (χ1v) is 5.90. The van der Waals surface area contributed by atoms with Crippen LogP contribution in [0.15, 0.2) is 0 Å². The molecule has 0 aliphatic carbocycles. The number of hydrogen-bond donors (Lipinski definition) is 0. The molecule has 1 aromatic heterocycles. The van der Waals surface area contributed by atoms with Gasteiger partial charge in [0.05, 0.1) is 0 Å².